The molecule has 20 heavy (non-hydrogen) atoms. The molecule has 110 valence electrons. The minimum atomic E-state index is -3.73. The molecule has 0 aliphatic carbocycles. The Balaban J connectivity index is 2.17. The third-order valence-electron chi connectivity index (χ3n) is 3.58. The fourth-order valence-electron chi connectivity index (χ4n) is 2.37. The van der Waals surface area contributed by atoms with Crippen molar-refractivity contribution in [2.24, 2.45) is 5.14 Å². The number of carbonyl (C=O) groups excluding carboxylic acids is 1. The summed E-state index contributed by atoms with van der Waals surface area (Å²) in [5.41, 5.74) is 0.430. The van der Waals surface area contributed by atoms with E-state index in [-0.39, 0.29) is 22.9 Å². The van der Waals surface area contributed by atoms with E-state index < -0.39 is 10.0 Å². The third-order valence-corrected chi connectivity index (χ3v) is 4.51. The van der Waals surface area contributed by atoms with E-state index in [0.29, 0.717) is 12.2 Å². The molecule has 1 fully saturated rings. The van der Waals surface area contributed by atoms with E-state index in [4.69, 9.17) is 9.88 Å². The van der Waals surface area contributed by atoms with Crippen LogP contribution in [0.3, 0.4) is 0 Å². The molecule has 0 aromatic heterocycles. The van der Waals surface area contributed by atoms with Crippen LogP contribution in [0.1, 0.15) is 23.7 Å². The van der Waals surface area contributed by atoms with Gasteiger partial charge in [0.05, 0.1) is 17.0 Å². The maximum Gasteiger partial charge on any atom is 0.253 e. The van der Waals surface area contributed by atoms with Gasteiger partial charge in [0.2, 0.25) is 10.0 Å². The fraction of sp³-hybridized carbons (Fsp3) is 0.462. The molecule has 0 radical (unpaired) electrons. The Morgan fingerprint density at radius 1 is 1.35 bits per heavy atom. The van der Waals surface area contributed by atoms with Gasteiger partial charge in [-0.3, -0.25) is 4.79 Å². The first-order chi connectivity index (χ1) is 9.30. The molecule has 1 amide bonds. The second-order valence-electron chi connectivity index (χ2n) is 4.92. The number of rotatable bonds is 3. The molecule has 1 aromatic rings. The summed E-state index contributed by atoms with van der Waals surface area (Å²) in [4.78, 5) is 14.0. The molecule has 1 heterocycles. The zero-order chi connectivity index (χ0) is 14.9. The molecule has 1 aliphatic heterocycles. The summed E-state index contributed by atoms with van der Waals surface area (Å²) in [6.07, 6.45) is 0.811. The summed E-state index contributed by atoms with van der Waals surface area (Å²) < 4.78 is 27.8. The molecule has 0 spiro atoms. The number of benzene rings is 1. The monoisotopic (exact) mass is 298 g/mol. The largest absolute Gasteiger partial charge is 0.376 e. The Labute approximate surface area is 118 Å². The Morgan fingerprint density at radius 2 is 1.95 bits per heavy atom. The SMILES string of the molecule is CC1OCCC1N(C)C(=O)c1ccc(S(N)(=O)=O)cc1. The highest BCUT2D eigenvalue weighted by atomic mass is 32.2. The van der Waals surface area contributed by atoms with Gasteiger partial charge in [-0.05, 0) is 37.6 Å². The molecule has 2 unspecified atom stereocenters. The predicted octanol–water partition coefficient (Wildman–Crippen LogP) is 0.583. The van der Waals surface area contributed by atoms with Gasteiger partial charge in [-0.25, -0.2) is 13.6 Å². The lowest BCUT2D eigenvalue weighted by atomic mass is 10.1. The molecule has 2 atom stereocenters. The first-order valence-electron chi connectivity index (χ1n) is 6.32. The van der Waals surface area contributed by atoms with Crippen molar-refractivity contribution in [1.82, 2.24) is 4.90 Å². The van der Waals surface area contributed by atoms with Gasteiger partial charge in [-0.1, -0.05) is 0 Å². The van der Waals surface area contributed by atoms with Crippen LogP contribution in [0, 0.1) is 0 Å². The topological polar surface area (TPSA) is 89.7 Å². The van der Waals surface area contributed by atoms with E-state index in [9.17, 15) is 13.2 Å². The van der Waals surface area contributed by atoms with E-state index in [1.165, 1.54) is 24.3 Å². The first kappa shape index (κ1) is 15.0. The lowest BCUT2D eigenvalue weighted by molar-refractivity contribution is 0.0574. The van der Waals surface area contributed by atoms with E-state index in [2.05, 4.69) is 0 Å². The highest BCUT2D eigenvalue weighted by Gasteiger charge is 2.31. The van der Waals surface area contributed by atoms with Crippen LogP contribution in [-0.4, -0.2) is 45.0 Å². The van der Waals surface area contributed by atoms with Crippen LogP contribution in [-0.2, 0) is 14.8 Å². The van der Waals surface area contributed by atoms with Crippen LogP contribution in [0.2, 0.25) is 0 Å². The van der Waals surface area contributed by atoms with Gasteiger partial charge in [-0.15, -0.1) is 0 Å². The number of carbonyl (C=O) groups is 1. The van der Waals surface area contributed by atoms with E-state index in [1.807, 2.05) is 6.92 Å². The highest BCUT2D eigenvalue weighted by Crippen LogP contribution is 2.20. The van der Waals surface area contributed by atoms with E-state index in [0.717, 1.165) is 6.42 Å². The summed E-state index contributed by atoms with van der Waals surface area (Å²) in [5.74, 6) is -0.159. The Morgan fingerprint density at radius 3 is 2.40 bits per heavy atom. The zero-order valence-corrected chi connectivity index (χ0v) is 12.3. The standard InChI is InChI=1S/C13H18N2O4S/c1-9-12(7-8-19-9)15(2)13(16)10-3-5-11(6-4-10)20(14,17)18/h3-6,9,12H,7-8H2,1-2H3,(H2,14,17,18). The summed E-state index contributed by atoms with van der Waals surface area (Å²) in [7, 11) is -2.01. The number of ether oxygens (including phenoxy) is 1. The van der Waals surface area contributed by atoms with Crippen LogP contribution >= 0.6 is 0 Å². The normalized spacial score (nSPS) is 22.8. The number of nitrogens with two attached hydrogens (primary N) is 1. The van der Waals surface area contributed by atoms with Gasteiger partial charge in [0.1, 0.15) is 0 Å². The smallest absolute Gasteiger partial charge is 0.253 e. The van der Waals surface area contributed by atoms with Crippen molar-refractivity contribution in [3.05, 3.63) is 29.8 Å². The zero-order valence-electron chi connectivity index (χ0n) is 11.4. The summed E-state index contributed by atoms with van der Waals surface area (Å²) in [6.45, 7) is 2.58. The Hall–Kier alpha value is -1.44. The van der Waals surface area contributed by atoms with Crippen molar-refractivity contribution in [2.45, 2.75) is 30.4 Å². The van der Waals surface area contributed by atoms with E-state index in [1.54, 1.807) is 11.9 Å². The van der Waals surface area contributed by atoms with Gasteiger partial charge in [0, 0.05) is 19.2 Å². The number of hydrogen-bond acceptors (Lipinski definition) is 4. The molecule has 6 nitrogen and oxygen atoms in total. The van der Waals surface area contributed by atoms with Crippen LogP contribution in [0.15, 0.2) is 29.2 Å². The van der Waals surface area contributed by atoms with Gasteiger partial charge >= 0.3 is 0 Å². The Bertz CT molecular complexity index is 597. The molecule has 2 N–H and O–H groups in total. The van der Waals surface area contributed by atoms with Crippen LogP contribution < -0.4 is 5.14 Å². The highest BCUT2D eigenvalue weighted by molar-refractivity contribution is 7.89. The average molecular weight is 298 g/mol. The van der Waals surface area contributed by atoms with Crippen molar-refractivity contribution in [1.29, 1.82) is 0 Å². The molecule has 7 heteroatoms. The quantitative estimate of drug-likeness (QED) is 0.884. The number of amides is 1. The second-order valence-corrected chi connectivity index (χ2v) is 6.48. The maximum absolute atomic E-state index is 12.3. The van der Waals surface area contributed by atoms with Crippen molar-refractivity contribution < 1.29 is 17.9 Å². The van der Waals surface area contributed by atoms with E-state index >= 15 is 0 Å². The third kappa shape index (κ3) is 3.00. The minimum absolute atomic E-state index is 0.00530. The summed E-state index contributed by atoms with van der Waals surface area (Å²) in [5, 5.41) is 5.02. The summed E-state index contributed by atoms with van der Waals surface area (Å²) in [6, 6.07) is 5.66. The lowest BCUT2D eigenvalue weighted by Gasteiger charge is -2.26. The molecule has 1 aromatic carbocycles. The fourth-order valence-corrected chi connectivity index (χ4v) is 2.89. The van der Waals surface area contributed by atoms with Crippen LogP contribution in [0.25, 0.3) is 0 Å². The Kier molecular flexibility index (Phi) is 4.12. The van der Waals surface area contributed by atoms with Gasteiger partial charge in [-0.2, -0.15) is 0 Å². The molecule has 2 rings (SSSR count). The number of primary sulfonamides is 1. The number of likely N-dealkylation sites (N-methyl/N-ethyl adjacent to an activating group) is 1. The maximum atomic E-state index is 12.3. The average Bonchev–Trinajstić information content (AvgIpc) is 2.82. The second kappa shape index (κ2) is 5.51. The predicted molar refractivity (Wildman–Crippen MR) is 73.7 cm³/mol. The van der Waals surface area contributed by atoms with Gasteiger partial charge < -0.3 is 9.64 Å². The van der Waals surface area contributed by atoms with Crippen molar-refractivity contribution in [3.8, 4) is 0 Å². The number of nitrogens with zero attached hydrogens (tertiary/aromatic N) is 1. The summed E-state index contributed by atoms with van der Waals surface area (Å²) >= 11 is 0. The number of hydrogen-bond donors (Lipinski definition) is 1. The lowest BCUT2D eigenvalue weighted by Crippen LogP contribution is -2.41. The molecule has 1 saturated heterocycles. The van der Waals surface area contributed by atoms with Crippen LogP contribution in [0.5, 0.6) is 0 Å². The minimum Gasteiger partial charge on any atom is -0.376 e. The van der Waals surface area contributed by atoms with Crippen molar-refractivity contribution in [3.63, 3.8) is 0 Å². The molecule has 0 bridgehead atoms. The van der Waals surface area contributed by atoms with Crippen LogP contribution in [0.4, 0.5) is 0 Å². The first-order valence-corrected chi connectivity index (χ1v) is 7.87. The van der Waals surface area contributed by atoms with Crippen molar-refractivity contribution in [2.75, 3.05) is 13.7 Å². The van der Waals surface area contributed by atoms with Gasteiger partial charge in [0.15, 0.2) is 0 Å². The van der Waals surface area contributed by atoms with Gasteiger partial charge in [0.25, 0.3) is 5.91 Å². The van der Waals surface area contributed by atoms with Crippen molar-refractivity contribution >= 4 is 15.9 Å². The molecule has 1 aliphatic rings. The molecular weight excluding hydrogens is 280 g/mol. The molecule has 0 saturated carbocycles. The molecular formula is C13H18N2O4S. The number of sulfonamides is 1.